The molecule has 18 heavy (non-hydrogen) atoms. The molecule has 0 N–H and O–H groups in total. The summed E-state index contributed by atoms with van der Waals surface area (Å²) in [6.45, 7) is 8.40. The summed E-state index contributed by atoms with van der Waals surface area (Å²) in [5, 5.41) is 1.27. The summed E-state index contributed by atoms with van der Waals surface area (Å²) in [6.07, 6.45) is 4.71. The number of ether oxygens (including phenoxy) is 1. The van der Waals surface area contributed by atoms with E-state index in [1.807, 2.05) is 6.92 Å². The van der Waals surface area contributed by atoms with Gasteiger partial charge >= 0.3 is 0 Å². The van der Waals surface area contributed by atoms with Crippen LogP contribution in [0.5, 0.6) is 5.75 Å². The molecular weight excluding hydrogens is 222 g/mol. The molecule has 0 spiro atoms. The van der Waals surface area contributed by atoms with Crippen LogP contribution in [0.15, 0.2) is 30.5 Å². The first-order chi connectivity index (χ1) is 8.70. The van der Waals surface area contributed by atoms with Crippen LogP contribution >= 0.6 is 0 Å². The summed E-state index contributed by atoms with van der Waals surface area (Å²) in [5.74, 6) is 1.75. The number of nitrogens with zero attached hydrogens (tertiary/aromatic N) is 1. The predicted octanol–water partition coefficient (Wildman–Crippen LogP) is 4.48. The molecule has 2 aromatic rings. The van der Waals surface area contributed by atoms with Crippen LogP contribution in [0.25, 0.3) is 10.9 Å². The van der Waals surface area contributed by atoms with Crippen LogP contribution in [0.3, 0.4) is 0 Å². The van der Waals surface area contributed by atoms with Crippen LogP contribution in [0, 0.1) is 5.92 Å². The van der Waals surface area contributed by atoms with Crippen LogP contribution in [0.1, 0.15) is 33.6 Å². The van der Waals surface area contributed by atoms with Gasteiger partial charge in [0.15, 0.2) is 0 Å². The molecule has 1 aromatic carbocycles. The van der Waals surface area contributed by atoms with Crippen molar-refractivity contribution in [1.82, 2.24) is 4.57 Å². The van der Waals surface area contributed by atoms with Crippen molar-refractivity contribution in [1.29, 1.82) is 0 Å². The van der Waals surface area contributed by atoms with E-state index in [2.05, 4.69) is 48.9 Å². The highest BCUT2D eigenvalue weighted by Crippen LogP contribution is 2.22. The van der Waals surface area contributed by atoms with E-state index in [1.54, 1.807) is 0 Å². The van der Waals surface area contributed by atoms with Crippen LogP contribution in [0.4, 0.5) is 0 Å². The molecule has 2 nitrogen and oxygen atoms in total. The second-order valence-corrected chi connectivity index (χ2v) is 5.20. The van der Waals surface area contributed by atoms with E-state index in [9.17, 15) is 0 Å². The molecule has 0 aliphatic rings. The molecular formula is C16H23NO. The zero-order chi connectivity index (χ0) is 13.0. The van der Waals surface area contributed by atoms with Crippen molar-refractivity contribution in [2.24, 2.45) is 5.92 Å². The van der Waals surface area contributed by atoms with Crippen LogP contribution < -0.4 is 4.74 Å². The molecule has 0 saturated carbocycles. The summed E-state index contributed by atoms with van der Waals surface area (Å²) in [7, 11) is 0. The predicted molar refractivity (Wildman–Crippen MR) is 77.2 cm³/mol. The summed E-state index contributed by atoms with van der Waals surface area (Å²) in [6, 6.07) is 8.52. The standard InChI is InChI=1S/C16H23NO/c1-4-18-15-7-8-16-14(12-15)9-11-17(16)10-5-6-13(2)3/h7-9,11-13H,4-6,10H2,1-3H3. The summed E-state index contributed by atoms with van der Waals surface area (Å²) in [5.41, 5.74) is 1.31. The van der Waals surface area contributed by atoms with E-state index in [4.69, 9.17) is 4.74 Å². The lowest BCUT2D eigenvalue weighted by atomic mass is 10.1. The van der Waals surface area contributed by atoms with Crippen molar-refractivity contribution in [2.75, 3.05) is 6.61 Å². The molecule has 0 saturated heterocycles. The van der Waals surface area contributed by atoms with Gasteiger partial charge in [0.25, 0.3) is 0 Å². The molecule has 2 heteroatoms. The molecule has 0 aliphatic heterocycles. The highest BCUT2D eigenvalue weighted by molar-refractivity contribution is 5.81. The third-order valence-corrected chi connectivity index (χ3v) is 3.23. The Hall–Kier alpha value is -1.44. The fraction of sp³-hybridized carbons (Fsp3) is 0.500. The molecule has 0 unspecified atom stereocenters. The Bertz CT molecular complexity index is 499. The first-order valence-electron chi connectivity index (χ1n) is 6.92. The van der Waals surface area contributed by atoms with E-state index >= 15 is 0 Å². The zero-order valence-corrected chi connectivity index (χ0v) is 11.6. The minimum atomic E-state index is 0.723. The number of rotatable bonds is 6. The SMILES string of the molecule is CCOc1ccc2c(ccn2CCCC(C)C)c1. The second kappa shape index (κ2) is 5.94. The van der Waals surface area contributed by atoms with Gasteiger partial charge in [0.2, 0.25) is 0 Å². The average Bonchev–Trinajstić information content (AvgIpc) is 2.72. The van der Waals surface area contributed by atoms with Gasteiger partial charge in [0, 0.05) is 23.6 Å². The quantitative estimate of drug-likeness (QED) is 0.732. The Morgan fingerprint density at radius 3 is 2.78 bits per heavy atom. The van der Waals surface area contributed by atoms with Gasteiger partial charge in [-0.05, 0) is 49.9 Å². The monoisotopic (exact) mass is 245 g/mol. The van der Waals surface area contributed by atoms with E-state index in [0.29, 0.717) is 0 Å². The van der Waals surface area contributed by atoms with Crippen molar-refractivity contribution < 1.29 is 4.74 Å². The minimum absolute atomic E-state index is 0.723. The number of aromatic nitrogens is 1. The van der Waals surface area contributed by atoms with E-state index in [1.165, 1.54) is 23.7 Å². The molecule has 0 aliphatic carbocycles. The van der Waals surface area contributed by atoms with Gasteiger partial charge in [-0.3, -0.25) is 0 Å². The molecule has 1 aromatic heterocycles. The topological polar surface area (TPSA) is 14.2 Å². The third kappa shape index (κ3) is 3.06. The van der Waals surface area contributed by atoms with Gasteiger partial charge in [0.1, 0.15) is 5.75 Å². The number of aryl methyl sites for hydroxylation is 1. The molecule has 0 fully saturated rings. The largest absolute Gasteiger partial charge is 0.494 e. The number of hydrogen-bond donors (Lipinski definition) is 0. The maximum atomic E-state index is 5.53. The molecule has 2 rings (SSSR count). The zero-order valence-electron chi connectivity index (χ0n) is 11.6. The third-order valence-electron chi connectivity index (χ3n) is 3.23. The normalized spacial score (nSPS) is 11.3. The average molecular weight is 245 g/mol. The van der Waals surface area contributed by atoms with Gasteiger partial charge in [-0.2, -0.15) is 0 Å². The molecule has 1 heterocycles. The highest BCUT2D eigenvalue weighted by atomic mass is 16.5. The highest BCUT2D eigenvalue weighted by Gasteiger charge is 2.03. The lowest BCUT2D eigenvalue weighted by molar-refractivity contribution is 0.340. The van der Waals surface area contributed by atoms with Crippen molar-refractivity contribution >= 4 is 10.9 Å². The lowest BCUT2D eigenvalue weighted by Gasteiger charge is -2.08. The van der Waals surface area contributed by atoms with Crippen LogP contribution in [-0.4, -0.2) is 11.2 Å². The van der Waals surface area contributed by atoms with Gasteiger partial charge < -0.3 is 9.30 Å². The Kier molecular flexibility index (Phi) is 4.29. The van der Waals surface area contributed by atoms with Crippen molar-refractivity contribution in [3.8, 4) is 5.75 Å². The van der Waals surface area contributed by atoms with Gasteiger partial charge in [-0.1, -0.05) is 13.8 Å². The van der Waals surface area contributed by atoms with Crippen LogP contribution in [-0.2, 0) is 6.54 Å². The maximum Gasteiger partial charge on any atom is 0.120 e. The Morgan fingerprint density at radius 2 is 2.06 bits per heavy atom. The Labute approximate surface area is 110 Å². The van der Waals surface area contributed by atoms with Crippen molar-refractivity contribution in [2.45, 2.75) is 40.2 Å². The van der Waals surface area contributed by atoms with Gasteiger partial charge in [-0.15, -0.1) is 0 Å². The fourth-order valence-electron chi connectivity index (χ4n) is 2.30. The van der Waals surface area contributed by atoms with E-state index in [0.717, 1.165) is 24.8 Å². The lowest BCUT2D eigenvalue weighted by Crippen LogP contribution is -1.98. The molecule has 0 radical (unpaired) electrons. The number of fused-ring (bicyclic) bond motifs is 1. The van der Waals surface area contributed by atoms with E-state index in [-0.39, 0.29) is 0 Å². The first kappa shape index (κ1) is 13.0. The summed E-state index contributed by atoms with van der Waals surface area (Å²) < 4.78 is 7.87. The number of hydrogen-bond acceptors (Lipinski definition) is 1. The molecule has 0 bridgehead atoms. The van der Waals surface area contributed by atoms with Gasteiger partial charge in [-0.25, -0.2) is 0 Å². The van der Waals surface area contributed by atoms with Gasteiger partial charge in [0.05, 0.1) is 6.61 Å². The maximum absolute atomic E-state index is 5.53. The second-order valence-electron chi connectivity index (χ2n) is 5.20. The summed E-state index contributed by atoms with van der Waals surface area (Å²) >= 11 is 0. The Balaban J connectivity index is 2.10. The Morgan fingerprint density at radius 1 is 1.22 bits per heavy atom. The molecule has 98 valence electrons. The van der Waals surface area contributed by atoms with Crippen molar-refractivity contribution in [3.05, 3.63) is 30.5 Å². The fourth-order valence-corrected chi connectivity index (χ4v) is 2.30. The molecule has 0 amide bonds. The van der Waals surface area contributed by atoms with Crippen LogP contribution in [0.2, 0.25) is 0 Å². The smallest absolute Gasteiger partial charge is 0.120 e. The minimum Gasteiger partial charge on any atom is -0.494 e. The summed E-state index contributed by atoms with van der Waals surface area (Å²) in [4.78, 5) is 0. The van der Waals surface area contributed by atoms with Crippen molar-refractivity contribution in [3.63, 3.8) is 0 Å². The van der Waals surface area contributed by atoms with E-state index < -0.39 is 0 Å². The number of benzene rings is 1. The first-order valence-corrected chi connectivity index (χ1v) is 6.92. The molecule has 0 atom stereocenters.